The Balaban J connectivity index is 1.94. The van der Waals surface area contributed by atoms with Gasteiger partial charge in [0.15, 0.2) is 6.61 Å². The van der Waals surface area contributed by atoms with E-state index in [9.17, 15) is 24.5 Å². The molecule has 0 saturated carbocycles. The fraction of sp³-hybridized carbons (Fsp3) is 0.250. The van der Waals surface area contributed by atoms with E-state index >= 15 is 0 Å². The van der Waals surface area contributed by atoms with E-state index in [1.807, 2.05) is 0 Å². The van der Waals surface area contributed by atoms with Gasteiger partial charge in [0.25, 0.3) is 11.6 Å². The molecule has 0 atom stereocenters. The van der Waals surface area contributed by atoms with Crippen LogP contribution in [0.25, 0.3) is 0 Å². The van der Waals surface area contributed by atoms with Crippen molar-refractivity contribution in [3.05, 3.63) is 34.4 Å². The molecule has 1 N–H and O–H groups in total. The average Bonchev–Trinajstić information content (AvgIpc) is 2.44. The lowest BCUT2D eigenvalue weighted by Crippen LogP contribution is -2.54. The van der Waals surface area contributed by atoms with E-state index < -0.39 is 29.3 Å². The lowest BCUT2D eigenvalue weighted by molar-refractivity contribution is -0.384. The molecule has 2 rings (SSSR count). The van der Waals surface area contributed by atoms with Crippen LogP contribution < -0.4 is 10.1 Å². The molecular weight excluding hydrogens is 282 g/mol. The van der Waals surface area contributed by atoms with Crippen LogP contribution in [0.5, 0.6) is 5.75 Å². The zero-order chi connectivity index (χ0) is 15.4. The number of nitro groups is 1. The highest BCUT2D eigenvalue weighted by Gasteiger charge is 2.26. The molecule has 3 amide bonds. The van der Waals surface area contributed by atoms with E-state index in [1.165, 1.54) is 24.3 Å². The minimum absolute atomic E-state index is 0.158. The minimum atomic E-state index is -0.581. The Hall–Kier alpha value is -2.97. The topological polar surface area (TPSA) is 119 Å². The summed E-state index contributed by atoms with van der Waals surface area (Å²) in [5.41, 5.74) is -0.160. The van der Waals surface area contributed by atoms with Crippen LogP contribution in [0, 0.1) is 10.1 Å². The molecule has 0 radical (unpaired) electrons. The highest BCUT2D eigenvalue weighted by molar-refractivity contribution is 6.02. The summed E-state index contributed by atoms with van der Waals surface area (Å²) in [6.45, 7) is -0.854. The maximum atomic E-state index is 11.8. The molecule has 0 aliphatic carbocycles. The van der Waals surface area contributed by atoms with Crippen molar-refractivity contribution in [1.29, 1.82) is 0 Å². The Morgan fingerprint density at radius 2 is 2.00 bits per heavy atom. The molecule has 1 saturated heterocycles. The van der Waals surface area contributed by atoms with Gasteiger partial charge < -0.3 is 9.64 Å². The van der Waals surface area contributed by atoms with Gasteiger partial charge in [0.2, 0.25) is 11.8 Å². The van der Waals surface area contributed by atoms with Crippen molar-refractivity contribution in [2.75, 3.05) is 19.7 Å². The predicted molar refractivity (Wildman–Crippen MR) is 68.3 cm³/mol. The molecule has 9 nitrogen and oxygen atoms in total. The summed E-state index contributed by atoms with van der Waals surface area (Å²) >= 11 is 0. The lowest BCUT2D eigenvalue weighted by atomic mass is 10.3. The Morgan fingerprint density at radius 3 is 2.62 bits per heavy atom. The maximum Gasteiger partial charge on any atom is 0.273 e. The Bertz CT molecular complexity index is 599. The number of benzene rings is 1. The van der Waals surface area contributed by atoms with Crippen molar-refractivity contribution in [1.82, 2.24) is 10.2 Å². The highest BCUT2D eigenvalue weighted by Crippen LogP contribution is 2.19. The third-order valence-corrected chi connectivity index (χ3v) is 2.69. The van der Waals surface area contributed by atoms with Gasteiger partial charge in [-0.2, -0.15) is 0 Å². The minimum Gasteiger partial charge on any atom is -0.484 e. The number of nitrogens with one attached hydrogen (secondary N) is 1. The molecule has 1 aromatic rings. The van der Waals surface area contributed by atoms with Gasteiger partial charge in [-0.1, -0.05) is 6.07 Å². The van der Waals surface area contributed by atoms with Crippen LogP contribution in [0.1, 0.15) is 0 Å². The van der Waals surface area contributed by atoms with Crippen LogP contribution in [-0.4, -0.2) is 47.2 Å². The molecule has 9 heteroatoms. The van der Waals surface area contributed by atoms with Crippen molar-refractivity contribution in [3.8, 4) is 5.75 Å². The summed E-state index contributed by atoms with van der Waals surface area (Å²) < 4.78 is 5.14. The molecule has 0 aromatic heterocycles. The average molecular weight is 293 g/mol. The number of hydrogen-bond acceptors (Lipinski definition) is 6. The van der Waals surface area contributed by atoms with E-state index in [0.29, 0.717) is 0 Å². The number of piperazine rings is 1. The van der Waals surface area contributed by atoms with Gasteiger partial charge in [0.05, 0.1) is 11.0 Å². The van der Waals surface area contributed by atoms with Crippen molar-refractivity contribution in [2.24, 2.45) is 0 Å². The third kappa shape index (κ3) is 3.75. The number of ether oxygens (including phenoxy) is 1. The first kappa shape index (κ1) is 14.4. The molecule has 1 aliphatic rings. The second kappa shape index (κ2) is 5.99. The predicted octanol–water partition coefficient (Wildman–Crippen LogP) is -0.541. The summed E-state index contributed by atoms with van der Waals surface area (Å²) in [6, 6.07) is 5.37. The number of amides is 3. The van der Waals surface area contributed by atoms with Gasteiger partial charge in [-0.25, -0.2) is 0 Å². The Kier molecular flexibility index (Phi) is 4.12. The van der Waals surface area contributed by atoms with Gasteiger partial charge in [-0.05, 0) is 6.07 Å². The molecule has 1 aliphatic heterocycles. The van der Waals surface area contributed by atoms with Crippen molar-refractivity contribution >= 4 is 23.4 Å². The monoisotopic (exact) mass is 293 g/mol. The molecule has 1 aromatic carbocycles. The first-order valence-corrected chi connectivity index (χ1v) is 5.93. The first-order chi connectivity index (χ1) is 9.95. The summed E-state index contributed by atoms with van der Waals surface area (Å²) in [5, 5.41) is 12.7. The summed E-state index contributed by atoms with van der Waals surface area (Å²) in [4.78, 5) is 45.2. The van der Waals surface area contributed by atoms with E-state index in [1.54, 1.807) is 0 Å². The second-order valence-corrected chi connectivity index (χ2v) is 4.26. The SMILES string of the molecule is O=C1CN(C(=O)COc2cccc([N+](=O)[O-])c2)CC(=O)N1. The van der Waals surface area contributed by atoms with Crippen LogP contribution in [0.3, 0.4) is 0 Å². The molecule has 0 bridgehead atoms. The van der Waals surface area contributed by atoms with Crippen molar-refractivity contribution in [3.63, 3.8) is 0 Å². The van der Waals surface area contributed by atoms with Crippen LogP contribution in [0.15, 0.2) is 24.3 Å². The number of nitrogens with zero attached hydrogens (tertiary/aromatic N) is 2. The lowest BCUT2D eigenvalue weighted by Gasteiger charge is -2.25. The number of carbonyl (C=O) groups is 3. The van der Waals surface area contributed by atoms with Crippen LogP contribution >= 0.6 is 0 Å². The molecule has 110 valence electrons. The zero-order valence-electron chi connectivity index (χ0n) is 10.8. The number of nitro benzene ring substituents is 1. The van der Waals surface area contributed by atoms with Crippen LogP contribution in [-0.2, 0) is 14.4 Å². The van der Waals surface area contributed by atoms with E-state index in [0.717, 1.165) is 4.90 Å². The normalized spacial score (nSPS) is 14.6. The van der Waals surface area contributed by atoms with Gasteiger partial charge >= 0.3 is 0 Å². The highest BCUT2D eigenvalue weighted by atomic mass is 16.6. The largest absolute Gasteiger partial charge is 0.484 e. The van der Waals surface area contributed by atoms with E-state index in [2.05, 4.69) is 5.32 Å². The molecule has 0 spiro atoms. The van der Waals surface area contributed by atoms with Gasteiger partial charge in [0.1, 0.15) is 18.8 Å². The summed E-state index contributed by atoms with van der Waals surface area (Å²) in [7, 11) is 0. The molecular formula is C12H11N3O6. The smallest absolute Gasteiger partial charge is 0.273 e. The fourth-order valence-electron chi connectivity index (χ4n) is 1.74. The maximum absolute atomic E-state index is 11.8. The molecule has 0 unspecified atom stereocenters. The second-order valence-electron chi connectivity index (χ2n) is 4.26. The summed E-state index contributed by atoms with van der Waals surface area (Å²) in [6.07, 6.45) is 0. The first-order valence-electron chi connectivity index (χ1n) is 5.93. The van der Waals surface area contributed by atoms with Crippen LogP contribution in [0.4, 0.5) is 5.69 Å². The summed E-state index contributed by atoms with van der Waals surface area (Å²) in [5.74, 6) is -1.51. The number of hydrogen-bond donors (Lipinski definition) is 1. The molecule has 21 heavy (non-hydrogen) atoms. The van der Waals surface area contributed by atoms with Crippen molar-refractivity contribution in [2.45, 2.75) is 0 Å². The van der Waals surface area contributed by atoms with E-state index in [-0.39, 0.29) is 24.5 Å². The van der Waals surface area contributed by atoms with Gasteiger partial charge in [0, 0.05) is 6.07 Å². The van der Waals surface area contributed by atoms with E-state index in [4.69, 9.17) is 4.74 Å². The Labute approximate surface area is 118 Å². The number of rotatable bonds is 4. The molecule has 1 heterocycles. The number of non-ortho nitro benzene ring substituents is 1. The van der Waals surface area contributed by atoms with Crippen molar-refractivity contribution < 1.29 is 24.0 Å². The van der Waals surface area contributed by atoms with Crippen LogP contribution in [0.2, 0.25) is 0 Å². The number of imide groups is 1. The number of carbonyl (C=O) groups excluding carboxylic acids is 3. The fourth-order valence-corrected chi connectivity index (χ4v) is 1.74. The standard InChI is InChI=1S/C12H11N3O6/c16-10-5-14(6-11(17)13-10)12(18)7-21-9-3-1-2-8(4-9)15(19)20/h1-4H,5-7H2,(H,13,16,17). The molecule has 1 fully saturated rings. The van der Waals surface area contributed by atoms with Gasteiger partial charge in [-0.15, -0.1) is 0 Å². The third-order valence-electron chi connectivity index (χ3n) is 2.69. The quantitative estimate of drug-likeness (QED) is 0.452. The Morgan fingerprint density at radius 1 is 1.33 bits per heavy atom. The van der Waals surface area contributed by atoms with Gasteiger partial charge in [-0.3, -0.25) is 29.8 Å². The zero-order valence-corrected chi connectivity index (χ0v) is 10.8.